The molecule has 0 amide bonds. The van der Waals surface area contributed by atoms with Gasteiger partial charge in [-0.3, -0.25) is 10.1 Å². The number of guanidine groups is 2. The number of rotatable bonds is 4. The van der Waals surface area contributed by atoms with Crippen LogP contribution < -0.4 is 26.7 Å². The number of benzene rings is 1. The maximum Gasteiger partial charge on any atom is 0.298 e. The number of methoxy groups -OCH3 is 2. The summed E-state index contributed by atoms with van der Waals surface area (Å²) in [6.07, 6.45) is 0. The van der Waals surface area contributed by atoms with Crippen LogP contribution in [0.15, 0.2) is 22.1 Å². The standard InChI is InChI=1S/C10H14N6O4/c1-19-7-3-5(14-10(13)15-9(11)12)6(16(17)18)4-8(7)20-2/h3-4H,1-2H3,(H6,11,12,13,14,15). The van der Waals surface area contributed by atoms with E-state index in [0.717, 1.165) is 0 Å². The quantitative estimate of drug-likeness (QED) is 0.298. The monoisotopic (exact) mass is 282 g/mol. The third-order valence-electron chi connectivity index (χ3n) is 2.16. The van der Waals surface area contributed by atoms with Crippen LogP contribution in [0.2, 0.25) is 0 Å². The zero-order valence-electron chi connectivity index (χ0n) is 10.9. The Balaban J connectivity index is 3.44. The molecule has 0 heterocycles. The molecule has 0 fully saturated rings. The minimum atomic E-state index is -0.635. The van der Waals surface area contributed by atoms with E-state index in [-0.39, 0.29) is 34.8 Å². The van der Waals surface area contributed by atoms with Crippen LogP contribution in [0.5, 0.6) is 11.5 Å². The van der Waals surface area contributed by atoms with Gasteiger partial charge >= 0.3 is 0 Å². The predicted molar refractivity (Wildman–Crippen MR) is 73.3 cm³/mol. The highest BCUT2D eigenvalue weighted by Gasteiger charge is 2.19. The molecule has 1 rings (SSSR count). The maximum absolute atomic E-state index is 11.0. The molecule has 0 unspecified atom stereocenters. The molecule has 10 nitrogen and oxygen atoms in total. The summed E-state index contributed by atoms with van der Waals surface area (Å²) in [6.45, 7) is 0. The third kappa shape index (κ3) is 3.48. The van der Waals surface area contributed by atoms with Crippen LogP contribution in [-0.2, 0) is 0 Å². The number of nitrogens with two attached hydrogens (primary N) is 3. The van der Waals surface area contributed by atoms with Gasteiger partial charge in [0.1, 0.15) is 5.69 Å². The maximum atomic E-state index is 11.0. The second kappa shape index (κ2) is 6.22. The number of hydrogen-bond donors (Lipinski definition) is 3. The van der Waals surface area contributed by atoms with Crippen molar-refractivity contribution in [2.45, 2.75) is 0 Å². The fourth-order valence-corrected chi connectivity index (χ4v) is 1.37. The first kappa shape index (κ1) is 15.0. The Bertz CT molecular complexity index is 579. The van der Waals surface area contributed by atoms with E-state index in [9.17, 15) is 10.1 Å². The van der Waals surface area contributed by atoms with Crippen molar-refractivity contribution < 1.29 is 14.4 Å². The van der Waals surface area contributed by atoms with Crippen LogP contribution in [0, 0.1) is 10.1 Å². The molecule has 108 valence electrons. The topological polar surface area (TPSA) is 164 Å². The molecule has 0 aromatic heterocycles. The highest BCUT2D eigenvalue weighted by atomic mass is 16.6. The Morgan fingerprint density at radius 3 is 2.20 bits per heavy atom. The highest BCUT2D eigenvalue weighted by molar-refractivity contribution is 5.94. The molecule has 0 saturated heterocycles. The van der Waals surface area contributed by atoms with Gasteiger partial charge in [-0.1, -0.05) is 0 Å². The Hall–Kier alpha value is -3.04. The molecule has 0 saturated carbocycles. The molecule has 0 aliphatic heterocycles. The SMILES string of the molecule is COc1cc(N=C(N)N=C(N)N)c([N+](=O)[O-])cc1OC. The van der Waals surface area contributed by atoms with Gasteiger partial charge in [-0.25, -0.2) is 4.99 Å². The summed E-state index contributed by atoms with van der Waals surface area (Å²) >= 11 is 0. The summed E-state index contributed by atoms with van der Waals surface area (Å²) in [6, 6.07) is 2.46. The first-order chi connectivity index (χ1) is 9.38. The lowest BCUT2D eigenvalue weighted by Crippen LogP contribution is -2.26. The number of ether oxygens (including phenoxy) is 2. The molecule has 0 spiro atoms. The zero-order chi connectivity index (χ0) is 15.3. The van der Waals surface area contributed by atoms with E-state index in [2.05, 4.69) is 9.98 Å². The van der Waals surface area contributed by atoms with E-state index >= 15 is 0 Å². The van der Waals surface area contributed by atoms with Gasteiger partial charge in [0.05, 0.1) is 25.2 Å². The van der Waals surface area contributed by atoms with Gasteiger partial charge in [0.25, 0.3) is 5.69 Å². The van der Waals surface area contributed by atoms with Crippen LogP contribution in [0.1, 0.15) is 0 Å². The zero-order valence-corrected chi connectivity index (χ0v) is 10.9. The van der Waals surface area contributed by atoms with Crippen LogP contribution in [0.25, 0.3) is 0 Å². The molecular weight excluding hydrogens is 268 g/mol. The van der Waals surface area contributed by atoms with Crippen molar-refractivity contribution in [1.29, 1.82) is 0 Å². The second-order valence-corrected chi connectivity index (χ2v) is 3.46. The molecule has 10 heteroatoms. The van der Waals surface area contributed by atoms with Gasteiger partial charge in [-0.05, 0) is 0 Å². The number of nitrogens with zero attached hydrogens (tertiary/aromatic N) is 3. The summed E-state index contributed by atoms with van der Waals surface area (Å²) in [5, 5.41) is 11.0. The predicted octanol–water partition coefficient (Wildman–Crippen LogP) is -0.168. The highest BCUT2D eigenvalue weighted by Crippen LogP contribution is 2.39. The van der Waals surface area contributed by atoms with Crippen molar-refractivity contribution >= 4 is 23.3 Å². The van der Waals surface area contributed by atoms with Gasteiger partial charge in [0, 0.05) is 6.07 Å². The molecule has 0 aliphatic rings. The van der Waals surface area contributed by atoms with Crippen molar-refractivity contribution in [3.63, 3.8) is 0 Å². The van der Waals surface area contributed by atoms with Crippen molar-refractivity contribution in [2.75, 3.05) is 14.2 Å². The number of nitro benzene ring substituents is 1. The summed E-state index contributed by atoms with van der Waals surface area (Å²) in [5.74, 6) is -0.178. The number of nitro groups is 1. The molecule has 1 aromatic rings. The van der Waals surface area contributed by atoms with E-state index in [1.165, 1.54) is 26.4 Å². The first-order valence-electron chi connectivity index (χ1n) is 5.23. The summed E-state index contributed by atoms with van der Waals surface area (Å²) in [4.78, 5) is 17.6. The third-order valence-corrected chi connectivity index (χ3v) is 2.16. The average molecular weight is 282 g/mol. The molecule has 20 heavy (non-hydrogen) atoms. The van der Waals surface area contributed by atoms with E-state index in [1.807, 2.05) is 0 Å². The van der Waals surface area contributed by atoms with Gasteiger partial charge < -0.3 is 26.7 Å². The smallest absolute Gasteiger partial charge is 0.298 e. The van der Waals surface area contributed by atoms with E-state index in [1.54, 1.807) is 0 Å². The largest absolute Gasteiger partial charge is 0.493 e. The molecular formula is C10H14N6O4. The van der Waals surface area contributed by atoms with E-state index < -0.39 is 4.92 Å². The normalized spacial score (nSPS) is 10.8. The van der Waals surface area contributed by atoms with E-state index in [4.69, 9.17) is 26.7 Å². The van der Waals surface area contributed by atoms with Crippen LogP contribution in [0.3, 0.4) is 0 Å². The van der Waals surface area contributed by atoms with Crippen molar-refractivity contribution in [3.05, 3.63) is 22.2 Å². The van der Waals surface area contributed by atoms with Crippen LogP contribution >= 0.6 is 0 Å². The fourth-order valence-electron chi connectivity index (χ4n) is 1.37. The number of aliphatic imine (C=N–C) groups is 2. The second-order valence-electron chi connectivity index (χ2n) is 3.46. The Morgan fingerprint density at radius 1 is 1.20 bits per heavy atom. The van der Waals surface area contributed by atoms with Crippen molar-refractivity contribution in [1.82, 2.24) is 0 Å². The van der Waals surface area contributed by atoms with E-state index in [0.29, 0.717) is 0 Å². The molecule has 1 aromatic carbocycles. The average Bonchev–Trinajstić information content (AvgIpc) is 2.36. The Labute approximate surface area is 114 Å². The molecule has 0 aliphatic carbocycles. The van der Waals surface area contributed by atoms with Crippen LogP contribution in [0.4, 0.5) is 11.4 Å². The summed E-state index contributed by atoms with van der Waals surface area (Å²) in [7, 11) is 2.74. The van der Waals surface area contributed by atoms with Crippen molar-refractivity contribution in [3.8, 4) is 11.5 Å². The first-order valence-corrected chi connectivity index (χ1v) is 5.23. The lowest BCUT2D eigenvalue weighted by molar-refractivity contribution is -0.384. The lowest BCUT2D eigenvalue weighted by Gasteiger charge is -2.08. The molecule has 6 N–H and O–H groups in total. The van der Waals surface area contributed by atoms with Gasteiger partial charge in [0.2, 0.25) is 5.96 Å². The van der Waals surface area contributed by atoms with Gasteiger partial charge in [-0.15, -0.1) is 0 Å². The van der Waals surface area contributed by atoms with Crippen molar-refractivity contribution in [2.24, 2.45) is 27.2 Å². The fraction of sp³-hybridized carbons (Fsp3) is 0.200. The Morgan fingerprint density at radius 2 is 1.75 bits per heavy atom. The summed E-state index contributed by atoms with van der Waals surface area (Å²) in [5.41, 5.74) is 15.3. The lowest BCUT2D eigenvalue weighted by atomic mass is 10.2. The van der Waals surface area contributed by atoms with Crippen LogP contribution in [-0.4, -0.2) is 31.1 Å². The minimum Gasteiger partial charge on any atom is -0.493 e. The van der Waals surface area contributed by atoms with Gasteiger partial charge in [0.15, 0.2) is 17.5 Å². The minimum absolute atomic E-state index is 0.0600. The molecule has 0 bridgehead atoms. The number of hydrogen-bond acceptors (Lipinski definition) is 5. The van der Waals surface area contributed by atoms with Gasteiger partial charge in [-0.2, -0.15) is 4.99 Å². The molecule has 0 atom stereocenters. The molecule has 0 radical (unpaired) electrons. The Kier molecular flexibility index (Phi) is 4.67. The summed E-state index contributed by atoms with van der Waals surface area (Å²) < 4.78 is 10.0.